The molecule has 0 saturated carbocycles. The molecule has 2 heterocycles. The predicted molar refractivity (Wildman–Crippen MR) is 70.4 cm³/mol. The van der Waals surface area contributed by atoms with Crippen LogP contribution in [0.4, 0.5) is 13.2 Å². The third-order valence-electron chi connectivity index (χ3n) is 3.11. The molecule has 0 bridgehead atoms. The van der Waals surface area contributed by atoms with Gasteiger partial charge >= 0.3 is 6.18 Å². The Morgan fingerprint density at radius 2 is 1.65 bits per heavy atom. The summed E-state index contributed by atoms with van der Waals surface area (Å²) in [5.41, 5.74) is 2.53. The van der Waals surface area contributed by atoms with Crippen LogP contribution < -0.4 is 0 Å². The molecule has 0 fully saturated rings. The van der Waals surface area contributed by atoms with Crippen molar-refractivity contribution in [1.82, 2.24) is 9.38 Å². The van der Waals surface area contributed by atoms with Crippen molar-refractivity contribution in [3.8, 4) is 11.3 Å². The Balaban J connectivity index is 2.02. The maximum Gasteiger partial charge on any atom is 0.416 e. The van der Waals surface area contributed by atoms with E-state index in [1.165, 1.54) is 12.1 Å². The first-order valence-corrected chi connectivity index (χ1v) is 6.06. The number of benzene rings is 1. The van der Waals surface area contributed by atoms with Crippen molar-refractivity contribution in [1.29, 1.82) is 0 Å². The average molecular weight is 276 g/mol. The molecule has 0 atom stereocenters. The van der Waals surface area contributed by atoms with E-state index in [0.29, 0.717) is 11.3 Å². The Bertz CT molecular complexity index is 755. The number of aryl methyl sites for hydroxylation is 1. The molecule has 102 valence electrons. The van der Waals surface area contributed by atoms with Gasteiger partial charge in [-0.3, -0.25) is 0 Å². The van der Waals surface area contributed by atoms with Crippen LogP contribution in [0, 0.1) is 6.92 Å². The molecule has 5 heteroatoms. The zero-order valence-electron chi connectivity index (χ0n) is 10.6. The lowest BCUT2D eigenvalue weighted by Gasteiger charge is -2.06. The SMILES string of the molecule is Cc1ccc2nc(-c3ccc(C(F)(F)F)cc3)cn2c1. The van der Waals surface area contributed by atoms with Crippen molar-refractivity contribution >= 4 is 5.65 Å². The topological polar surface area (TPSA) is 17.3 Å². The first-order chi connectivity index (χ1) is 9.43. The Labute approximate surface area is 113 Å². The molecule has 0 saturated heterocycles. The number of hydrogen-bond acceptors (Lipinski definition) is 1. The Morgan fingerprint density at radius 1 is 0.950 bits per heavy atom. The van der Waals surface area contributed by atoms with Crippen LogP contribution >= 0.6 is 0 Å². The second kappa shape index (κ2) is 4.37. The molecule has 1 aromatic carbocycles. The van der Waals surface area contributed by atoms with Gasteiger partial charge in [0.15, 0.2) is 0 Å². The first kappa shape index (κ1) is 12.7. The van der Waals surface area contributed by atoms with Gasteiger partial charge in [-0.2, -0.15) is 13.2 Å². The first-order valence-electron chi connectivity index (χ1n) is 6.06. The number of aromatic nitrogens is 2. The lowest BCUT2D eigenvalue weighted by Crippen LogP contribution is -2.03. The van der Waals surface area contributed by atoms with E-state index in [9.17, 15) is 13.2 Å². The molecule has 0 spiro atoms. The van der Waals surface area contributed by atoms with Gasteiger partial charge in [0.1, 0.15) is 5.65 Å². The number of hydrogen-bond donors (Lipinski definition) is 0. The summed E-state index contributed by atoms with van der Waals surface area (Å²) >= 11 is 0. The van der Waals surface area contributed by atoms with Crippen LogP contribution in [-0.2, 0) is 6.18 Å². The quantitative estimate of drug-likeness (QED) is 0.646. The van der Waals surface area contributed by atoms with Gasteiger partial charge in [0.25, 0.3) is 0 Å². The Morgan fingerprint density at radius 3 is 2.30 bits per heavy atom. The van der Waals surface area contributed by atoms with Gasteiger partial charge in [0.05, 0.1) is 11.3 Å². The minimum Gasteiger partial charge on any atom is -0.306 e. The smallest absolute Gasteiger partial charge is 0.306 e. The Kier molecular flexibility index (Phi) is 2.78. The fourth-order valence-electron chi connectivity index (χ4n) is 2.07. The maximum atomic E-state index is 12.5. The summed E-state index contributed by atoms with van der Waals surface area (Å²) in [4.78, 5) is 4.40. The van der Waals surface area contributed by atoms with Gasteiger partial charge in [-0.15, -0.1) is 0 Å². The molecular weight excluding hydrogens is 265 g/mol. The van der Waals surface area contributed by atoms with Crippen molar-refractivity contribution in [2.45, 2.75) is 13.1 Å². The molecule has 0 amide bonds. The summed E-state index contributed by atoms with van der Waals surface area (Å²) in [5, 5.41) is 0. The summed E-state index contributed by atoms with van der Waals surface area (Å²) in [6, 6.07) is 8.85. The molecule has 0 aliphatic rings. The third kappa shape index (κ3) is 2.27. The molecule has 3 aromatic rings. The number of fused-ring (bicyclic) bond motifs is 1. The van der Waals surface area contributed by atoms with E-state index in [2.05, 4.69) is 4.98 Å². The highest BCUT2D eigenvalue weighted by Gasteiger charge is 2.30. The van der Waals surface area contributed by atoms with Crippen molar-refractivity contribution in [3.05, 3.63) is 59.9 Å². The molecule has 2 nitrogen and oxygen atoms in total. The van der Waals surface area contributed by atoms with Gasteiger partial charge < -0.3 is 4.40 Å². The minimum atomic E-state index is -4.31. The Hall–Kier alpha value is -2.30. The molecule has 0 radical (unpaired) electrons. The second-order valence-corrected chi connectivity index (χ2v) is 4.67. The number of nitrogens with zero attached hydrogens (tertiary/aromatic N) is 2. The molecule has 0 aliphatic carbocycles. The van der Waals surface area contributed by atoms with Crippen LogP contribution in [0.25, 0.3) is 16.9 Å². The van der Waals surface area contributed by atoms with Gasteiger partial charge in [-0.1, -0.05) is 18.2 Å². The van der Waals surface area contributed by atoms with Crippen molar-refractivity contribution in [2.24, 2.45) is 0 Å². The fraction of sp³-hybridized carbons (Fsp3) is 0.133. The summed E-state index contributed by atoms with van der Waals surface area (Å²) in [5.74, 6) is 0. The van der Waals surface area contributed by atoms with E-state index >= 15 is 0 Å². The molecule has 3 rings (SSSR count). The molecule has 0 aliphatic heterocycles. The van der Waals surface area contributed by atoms with Crippen molar-refractivity contribution in [2.75, 3.05) is 0 Å². The van der Waals surface area contributed by atoms with Crippen LogP contribution in [0.5, 0.6) is 0 Å². The molecule has 20 heavy (non-hydrogen) atoms. The zero-order valence-corrected chi connectivity index (χ0v) is 10.6. The standard InChI is InChI=1S/C15H11F3N2/c1-10-2-7-14-19-13(9-20(14)8-10)11-3-5-12(6-4-11)15(16,17)18/h2-9H,1H3. The molecular formula is C15H11F3N2. The van der Waals surface area contributed by atoms with Crippen LogP contribution in [0.1, 0.15) is 11.1 Å². The van der Waals surface area contributed by atoms with E-state index < -0.39 is 11.7 Å². The lowest BCUT2D eigenvalue weighted by atomic mass is 10.1. The monoisotopic (exact) mass is 276 g/mol. The van der Waals surface area contributed by atoms with Gasteiger partial charge in [0.2, 0.25) is 0 Å². The average Bonchev–Trinajstić information content (AvgIpc) is 2.80. The summed E-state index contributed by atoms with van der Waals surface area (Å²) < 4.78 is 39.4. The molecule has 0 N–H and O–H groups in total. The highest BCUT2D eigenvalue weighted by Crippen LogP contribution is 2.30. The van der Waals surface area contributed by atoms with Crippen LogP contribution in [-0.4, -0.2) is 9.38 Å². The maximum absolute atomic E-state index is 12.5. The summed E-state index contributed by atoms with van der Waals surface area (Å²) in [7, 11) is 0. The largest absolute Gasteiger partial charge is 0.416 e. The van der Waals surface area contributed by atoms with Crippen LogP contribution in [0.15, 0.2) is 48.8 Å². The second-order valence-electron chi connectivity index (χ2n) is 4.67. The van der Waals surface area contributed by atoms with E-state index in [0.717, 1.165) is 23.3 Å². The molecule has 2 aromatic heterocycles. The van der Waals surface area contributed by atoms with Crippen LogP contribution in [0.3, 0.4) is 0 Å². The van der Waals surface area contributed by atoms with Gasteiger partial charge in [-0.05, 0) is 30.7 Å². The van der Waals surface area contributed by atoms with E-state index in [4.69, 9.17) is 0 Å². The third-order valence-corrected chi connectivity index (χ3v) is 3.11. The fourth-order valence-corrected chi connectivity index (χ4v) is 2.07. The van der Waals surface area contributed by atoms with E-state index in [-0.39, 0.29) is 0 Å². The number of pyridine rings is 1. The lowest BCUT2D eigenvalue weighted by molar-refractivity contribution is -0.137. The van der Waals surface area contributed by atoms with Crippen molar-refractivity contribution in [3.63, 3.8) is 0 Å². The number of rotatable bonds is 1. The van der Waals surface area contributed by atoms with Gasteiger partial charge in [0, 0.05) is 18.0 Å². The van der Waals surface area contributed by atoms with E-state index in [1.54, 1.807) is 0 Å². The number of imidazole rings is 1. The van der Waals surface area contributed by atoms with Crippen LogP contribution in [0.2, 0.25) is 0 Å². The summed E-state index contributed by atoms with van der Waals surface area (Å²) in [6.45, 7) is 1.97. The predicted octanol–water partition coefficient (Wildman–Crippen LogP) is 4.33. The van der Waals surface area contributed by atoms with E-state index in [1.807, 2.05) is 35.9 Å². The zero-order chi connectivity index (χ0) is 14.3. The normalized spacial score (nSPS) is 12.0. The van der Waals surface area contributed by atoms with Gasteiger partial charge in [-0.25, -0.2) is 4.98 Å². The van der Waals surface area contributed by atoms with Crippen molar-refractivity contribution < 1.29 is 13.2 Å². The highest BCUT2D eigenvalue weighted by molar-refractivity contribution is 5.63. The molecule has 0 unspecified atom stereocenters. The number of alkyl halides is 3. The minimum absolute atomic E-state index is 0.652. The number of halogens is 3. The highest BCUT2D eigenvalue weighted by atomic mass is 19.4. The summed E-state index contributed by atoms with van der Waals surface area (Å²) in [6.07, 6.45) is -0.574.